The topological polar surface area (TPSA) is 79.2 Å². The molecule has 0 aliphatic heterocycles. The molecule has 36 heavy (non-hydrogen) atoms. The molecule has 3 rings (SSSR count). The Kier molecular flexibility index (Phi) is 7.49. The number of likely N-dealkylation sites (N-methyl/N-ethyl adjacent to an activating group) is 1. The molecule has 13 heteroatoms. The summed E-state index contributed by atoms with van der Waals surface area (Å²) in [5.41, 5.74) is -5.99. The lowest BCUT2D eigenvalue weighted by Gasteiger charge is -2.38. The molecule has 2 aromatic carbocycles. The van der Waals surface area contributed by atoms with E-state index in [1.807, 2.05) is 5.32 Å². The molecule has 1 saturated carbocycles. The van der Waals surface area contributed by atoms with Crippen LogP contribution in [0.3, 0.4) is 0 Å². The second kappa shape index (κ2) is 9.66. The standard InChI is InChI=1S/C23H23F7N2O3S/c1-32-19(33)14-35-21(22(25,26)27,23(28,29)30)16-6-4-15(5-7-16)20(12-2-3-13-20)36(31,34)18-10-8-17(24)9-11-18/h4-11,31H,2-3,12-14H2,1H3,(H,32,33). The molecule has 1 amide bonds. The molecule has 0 aromatic heterocycles. The first-order chi connectivity index (χ1) is 16.6. The largest absolute Gasteiger partial charge is 0.430 e. The number of alkyl halides is 6. The molecular weight excluding hydrogens is 517 g/mol. The maximum absolute atomic E-state index is 13.9. The van der Waals surface area contributed by atoms with Gasteiger partial charge in [-0.1, -0.05) is 37.1 Å². The average molecular weight is 541 g/mol. The van der Waals surface area contributed by atoms with Gasteiger partial charge in [-0.15, -0.1) is 0 Å². The normalized spacial score (nSPS) is 18.0. The first-order valence-electron chi connectivity index (χ1n) is 10.8. The smallest absolute Gasteiger partial charge is 0.357 e. The number of halogens is 7. The zero-order valence-electron chi connectivity index (χ0n) is 18.9. The van der Waals surface area contributed by atoms with E-state index in [9.17, 15) is 39.7 Å². The molecule has 0 radical (unpaired) electrons. The number of carbonyl (C=O) groups is 1. The van der Waals surface area contributed by atoms with Gasteiger partial charge in [0, 0.05) is 17.5 Å². The molecule has 5 nitrogen and oxygen atoms in total. The summed E-state index contributed by atoms with van der Waals surface area (Å²) in [7, 11) is -2.66. The first-order valence-corrected chi connectivity index (χ1v) is 12.3. The minimum atomic E-state index is -5.98. The lowest BCUT2D eigenvalue weighted by Crippen LogP contribution is -2.56. The van der Waals surface area contributed by atoms with Gasteiger partial charge in [0.05, 0.1) is 14.5 Å². The van der Waals surface area contributed by atoms with Crippen LogP contribution in [0.1, 0.15) is 36.8 Å². The molecule has 1 fully saturated rings. The van der Waals surface area contributed by atoms with Crippen molar-refractivity contribution in [1.29, 1.82) is 4.78 Å². The fourth-order valence-electron chi connectivity index (χ4n) is 4.53. The third kappa shape index (κ3) is 4.58. The predicted molar refractivity (Wildman–Crippen MR) is 116 cm³/mol. The van der Waals surface area contributed by atoms with Crippen molar-refractivity contribution in [2.75, 3.05) is 13.7 Å². The highest BCUT2D eigenvalue weighted by molar-refractivity contribution is 7.93. The maximum Gasteiger partial charge on any atom is 0.430 e. The molecule has 1 aliphatic carbocycles. The lowest BCUT2D eigenvalue weighted by molar-refractivity contribution is -0.387. The van der Waals surface area contributed by atoms with E-state index in [0.29, 0.717) is 25.0 Å². The van der Waals surface area contributed by atoms with Gasteiger partial charge in [-0.2, -0.15) is 26.3 Å². The van der Waals surface area contributed by atoms with E-state index >= 15 is 0 Å². The van der Waals surface area contributed by atoms with Gasteiger partial charge < -0.3 is 10.1 Å². The lowest BCUT2D eigenvalue weighted by atomic mass is 9.88. The summed E-state index contributed by atoms with van der Waals surface area (Å²) in [5.74, 6) is -1.81. The summed E-state index contributed by atoms with van der Waals surface area (Å²) in [4.78, 5) is 11.4. The van der Waals surface area contributed by atoms with Gasteiger partial charge in [-0.25, -0.2) is 13.4 Å². The number of hydrogen-bond donors (Lipinski definition) is 2. The minimum absolute atomic E-state index is 0.00344. The Bertz CT molecular complexity index is 1170. The van der Waals surface area contributed by atoms with Crippen molar-refractivity contribution in [3.63, 3.8) is 0 Å². The number of carbonyl (C=O) groups excluding carboxylic acids is 1. The van der Waals surface area contributed by atoms with E-state index in [0.717, 1.165) is 31.3 Å². The van der Waals surface area contributed by atoms with Crippen LogP contribution in [-0.4, -0.2) is 36.1 Å². The Hall–Kier alpha value is -2.67. The highest BCUT2D eigenvalue weighted by Crippen LogP contribution is 2.54. The highest BCUT2D eigenvalue weighted by atomic mass is 32.2. The van der Waals surface area contributed by atoms with Gasteiger partial charge in [0.2, 0.25) is 5.91 Å². The molecule has 198 valence electrons. The molecule has 1 aliphatic rings. The van der Waals surface area contributed by atoms with Crippen LogP contribution in [0.15, 0.2) is 53.4 Å². The summed E-state index contributed by atoms with van der Waals surface area (Å²) >= 11 is 0. The van der Waals surface area contributed by atoms with Crippen LogP contribution in [0.5, 0.6) is 0 Å². The number of ether oxygens (including phenoxy) is 1. The van der Waals surface area contributed by atoms with Crippen LogP contribution >= 0.6 is 0 Å². The van der Waals surface area contributed by atoms with Crippen molar-refractivity contribution in [3.8, 4) is 0 Å². The maximum atomic E-state index is 13.9. The highest BCUT2D eigenvalue weighted by Gasteiger charge is 2.73. The van der Waals surface area contributed by atoms with Crippen molar-refractivity contribution >= 4 is 15.6 Å². The molecule has 2 aromatic rings. The van der Waals surface area contributed by atoms with Crippen LogP contribution in [-0.2, 0) is 29.6 Å². The summed E-state index contributed by atoms with van der Waals surface area (Å²) < 4.78 is 122. The van der Waals surface area contributed by atoms with Gasteiger partial charge in [0.15, 0.2) is 0 Å². The summed E-state index contributed by atoms with van der Waals surface area (Å²) in [5, 5.41) is 1.90. The summed E-state index contributed by atoms with van der Waals surface area (Å²) in [6.45, 7) is -1.51. The van der Waals surface area contributed by atoms with Gasteiger partial charge in [0.25, 0.3) is 5.60 Å². The van der Waals surface area contributed by atoms with Crippen LogP contribution in [0.4, 0.5) is 30.7 Å². The Morgan fingerprint density at radius 1 is 0.972 bits per heavy atom. The van der Waals surface area contributed by atoms with E-state index in [-0.39, 0.29) is 23.3 Å². The predicted octanol–water partition coefficient (Wildman–Crippen LogP) is 5.78. The Balaban J connectivity index is 2.14. The van der Waals surface area contributed by atoms with E-state index in [1.165, 1.54) is 12.1 Å². The van der Waals surface area contributed by atoms with E-state index in [2.05, 4.69) is 4.74 Å². The van der Waals surface area contributed by atoms with Crippen molar-refractivity contribution in [2.45, 2.75) is 53.3 Å². The second-order valence-electron chi connectivity index (χ2n) is 8.43. The zero-order chi connectivity index (χ0) is 27.0. The number of rotatable bonds is 7. The summed E-state index contributed by atoms with van der Waals surface area (Å²) in [6.07, 6.45) is -10.5. The van der Waals surface area contributed by atoms with Gasteiger partial charge >= 0.3 is 12.4 Å². The molecule has 1 unspecified atom stereocenters. The summed E-state index contributed by atoms with van der Waals surface area (Å²) in [6, 6.07) is 7.52. The average Bonchev–Trinajstić information content (AvgIpc) is 3.30. The van der Waals surface area contributed by atoms with E-state index < -0.39 is 56.3 Å². The van der Waals surface area contributed by atoms with Crippen molar-refractivity contribution < 1.29 is 44.5 Å². The fraction of sp³-hybridized carbons (Fsp3) is 0.435. The number of nitrogens with one attached hydrogen (secondary N) is 2. The fourth-order valence-corrected chi connectivity index (χ4v) is 6.83. The number of amides is 1. The molecule has 0 saturated heterocycles. The molecule has 0 bridgehead atoms. The number of benzene rings is 2. The van der Waals surface area contributed by atoms with Crippen LogP contribution < -0.4 is 5.32 Å². The molecule has 1 atom stereocenters. The zero-order valence-corrected chi connectivity index (χ0v) is 19.7. The first kappa shape index (κ1) is 27.9. The SMILES string of the molecule is CNC(=O)COC(c1ccc(C2(S(=N)(=O)c3ccc(F)cc3)CCCC2)cc1)(C(F)(F)F)C(F)(F)F. The van der Waals surface area contributed by atoms with Crippen LogP contribution in [0.25, 0.3) is 0 Å². The van der Waals surface area contributed by atoms with Crippen LogP contribution in [0.2, 0.25) is 0 Å². The Morgan fingerprint density at radius 2 is 1.47 bits per heavy atom. The van der Waals surface area contributed by atoms with Crippen molar-refractivity contribution in [1.82, 2.24) is 5.32 Å². The second-order valence-corrected chi connectivity index (χ2v) is 10.8. The van der Waals surface area contributed by atoms with Crippen LogP contribution in [0, 0.1) is 10.6 Å². The van der Waals surface area contributed by atoms with Gasteiger partial charge in [-0.05, 0) is 42.7 Å². The Morgan fingerprint density at radius 3 is 1.92 bits per heavy atom. The molecule has 2 N–H and O–H groups in total. The monoisotopic (exact) mass is 540 g/mol. The Labute approximate surface area is 203 Å². The van der Waals surface area contributed by atoms with Crippen molar-refractivity contribution in [3.05, 3.63) is 65.5 Å². The molecule has 0 heterocycles. The van der Waals surface area contributed by atoms with E-state index in [1.54, 1.807) is 0 Å². The van der Waals surface area contributed by atoms with Crippen molar-refractivity contribution in [2.24, 2.45) is 0 Å². The number of hydrogen-bond acceptors (Lipinski definition) is 4. The van der Waals surface area contributed by atoms with Gasteiger partial charge in [-0.3, -0.25) is 4.79 Å². The minimum Gasteiger partial charge on any atom is -0.357 e. The third-order valence-electron chi connectivity index (χ3n) is 6.42. The molecular formula is C23H23F7N2O3S. The van der Waals surface area contributed by atoms with E-state index in [4.69, 9.17) is 4.78 Å². The quantitative estimate of drug-likeness (QED) is 0.437. The molecule has 0 spiro atoms. The van der Waals surface area contributed by atoms with Gasteiger partial charge in [0.1, 0.15) is 12.4 Å². The third-order valence-corrected chi connectivity index (χ3v) is 9.10.